The van der Waals surface area contributed by atoms with Crippen LogP contribution in [0, 0.1) is 12.3 Å². The second-order valence-electron chi connectivity index (χ2n) is 7.58. The second kappa shape index (κ2) is 5.45. The monoisotopic (exact) mass is 288 g/mol. The van der Waals surface area contributed by atoms with E-state index in [2.05, 4.69) is 52.1 Å². The van der Waals surface area contributed by atoms with Crippen LogP contribution >= 0.6 is 0 Å². The minimum atomic E-state index is -0.460. The summed E-state index contributed by atoms with van der Waals surface area (Å²) in [6.07, 6.45) is 0.775. The van der Waals surface area contributed by atoms with Crippen molar-refractivity contribution in [3.63, 3.8) is 0 Å². The summed E-state index contributed by atoms with van der Waals surface area (Å²) in [7, 11) is 0. The SMILES string of the molecule is CCC1(C)NC(c2ccccc2C)N(CC(C)(C)C)C1=O. The van der Waals surface area contributed by atoms with Crippen LogP contribution in [0.25, 0.3) is 0 Å². The number of rotatable bonds is 3. The zero-order valence-corrected chi connectivity index (χ0v) is 14.2. The number of carbonyl (C=O) groups excluding carboxylic acids is 1. The molecule has 1 amide bonds. The van der Waals surface area contributed by atoms with E-state index in [0.29, 0.717) is 0 Å². The first-order chi connectivity index (χ1) is 9.68. The zero-order valence-electron chi connectivity index (χ0n) is 14.2. The topological polar surface area (TPSA) is 32.3 Å². The van der Waals surface area contributed by atoms with Crippen molar-refractivity contribution >= 4 is 5.91 Å². The molecule has 2 atom stereocenters. The van der Waals surface area contributed by atoms with Crippen LogP contribution in [0.15, 0.2) is 24.3 Å². The highest BCUT2D eigenvalue weighted by Crippen LogP contribution is 2.35. The van der Waals surface area contributed by atoms with Crippen LogP contribution in [0.4, 0.5) is 0 Å². The van der Waals surface area contributed by atoms with Gasteiger partial charge in [-0.25, -0.2) is 0 Å². The molecule has 0 aliphatic carbocycles. The van der Waals surface area contributed by atoms with Crippen molar-refractivity contribution in [2.45, 2.75) is 59.7 Å². The molecule has 1 aliphatic heterocycles. The lowest BCUT2D eigenvalue weighted by Gasteiger charge is -2.31. The van der Waals surface area contributed by atoms with Crippen LogP contribution in [0.3, 0.4) is 0 Å². The molecule has 1 N–H and O–H groups in total. The number of nitrogens with zero attached hydrogens (tertiary/aromatic N) is 1. The fourth-order valence-electron chi connectivity index (χ4n) is 2.94. The van der Waals surface area contributed by atoms with Gasteiger partial charge >= 0.3 is 0 Å². The van der Waals surface area contributed by atoms with E-state index in [9.17, 15) is 4.79 Å². The number of hydrogen-bond donors (Lipinski definition) is 1. The molecular weight excluding hydrogens is 260 g/mol. The van der Waals surface area contributed by atoms with Gasteiger partial charge in [0.25, 0.3) is 0 Å². The maximum Gasteiger partial charge on any atom is 0.244 e. The van der Waals surface area contributed by atoms with Crippen molar-refractivity contribution in [1.82, 2.24) is 10.2 Å². The summed E-state index contributed by atoms with van der Waals surface area (Å²) >= 11 is 0. The summed E-state index contributed by atoms with van der Waals surface area (Å²) < 4.78 is 0. The lowest BCUT2D eigenvalue weighted by atomic mass is 9.94. The molecule has 3 heteroatoms. The van der Waals surface area contributed by atoms with Crippen LogP contribution < -0.4 is 5.32 Å². The first-order valence-electron chi connectivity index (χ1n) is 7.82. The molecule has 0 saturated carbocycles. The van der Waals surface area contributed by atoms with Crippen LogP contribution in [0.5, 0.6) is 0 Å². The quantitative estimate of drug-likeness (QED) is 0.921. The van der Waals surface area contributed by atoms with Gasteiger partial charge in [-0.05, 0) is 36.8 Å². The number of nitrogens with one attached hydrogen (secondary N) is 1. The Balaban J connectivity index is 2.42. The number of carbonyl (C=O) groups is 1. The average Bonchev–Trinajstić information content (AvgIpc) is 2.63. The Kier molecular flexibility index (Phi) is 4.16. The third-order valence-corrected chi connectivity index (χ3v) is 4.33. The van der Waals surface area contributed by atoms with Gasteiger partial charge in [-0.2, -0.15) is 0 Å². The van der Waals surface area contributed by atoms with Gasteiger partial charge in [0.1, 0.15) is 6.17 Å². The number of amides is 1. The minimum Gasteiger partial charge on any atom is -0.321 e. The fraction of sp³-hybridized carbons (Fsp3) is 0.611. The molecule has 1 fully saturated rings. The molecule has 1 aromatic carbocycles. The van der Waals surface area contributed by atoms with Crippen LogP contribution in [0.2, 0.25) is 0 Å². The maximum absolute atomic E-state index is 12.9. The van der Waals surface area contributed by atoms with E-state index in [0.717, 1.165) is 13.0 Å². The summed E-state index contributed by atoms with van der Waals surface area (Å²) in [6.45, 7) is 13.5. The highest BCUT2D eigenvalue weighted by atomic mass is 16.2. The van der Waals surface area contributed by atoms with Crippen LogP contribution in [0.1, 0.15) is 58.3 Å². The van der Waals surface area contributed by atoms with Gasteiger partial charge in [0, 0.05) is 6.54 Å². The van der Waals surface area contributed by atoms with Crippen molar-refractivity contribution < 1.29 is 4.79 Å². The van der Waals surface area contributed by atoms with Gasteiger partial charge < -0.3 is 4.90 Å². The number of aryl methyl sites for hydroxylation is 1. The third kappa shape index (κ3) is 3.13. The largest absolute Gasteiger partial charge is 0.321 e. The highest BCUT2D eigenvalue weighted by molar-refractivity contribution is 5.88. The van der Waals surface area contributed by atoms with E-state index >= 15 is 0 Å². The molecule has 1 aromatic rings. The average molecular weight is 288 g/mol. The van der Waals surface area contributed by atoms with Gasteiger partial charge in [-0.3, -0.25) is 10.1 Å². The van der Waals surface area contributed by atoms with E-state index in [1.807, 2.05) is 24.0 Å². The lowest BCUT2D eigenvalue weighted by molar-refractivity contribution is -0.134. The summed E-state index contributed by atoms with van der Waals surface area (Å²) in [4.78, 5) is 14.9. The molecule has 1 saturated heterocycles. The fourth-order valence-corrected chi connectivity index (χ4v) is 2.94. The van der Waals surface area contributed by atoms with Crippen molar-refractivity contribution in [1.29, 1.82) is 0 Å². The first kappa shape index (κ1) is 16.0. The molecule has 116 valence electrons. The Morgan fingerprint density at radius 1 is 1.29 bits per heavy atom. The van der Waals surface area contributed by atoms with Crippen molar-refractivity contribution in [3.8, 4) is 0 Å². The van der Waals surface area contributed by atoms with Crippen molar-refractivity contribution in [3.05, 3.63) is 35.4 Å². The van der Waals surface area contributed by atoms with Gasteiger partial charge in [0.05, 0.1) is 5.54 Å². The summed E-state index contributed by atoms with van der Waals surface area (Å²) in [5, 5.41) is 3.57. The summed E-state index contributed by atoms with van der Waals surface area (Å²) in [6, 6.07) is 8.32. The van der Waals surface area contributed by atoms with Crippen LogP contribution in [-0.2, 0) is 4.79 Å². The summed E-state index contributed by atoms with van der Waals surface area (Å²) in [5.41, 5.74) is 2.05. The predicted octanol–water partition coefficient (Wildman–Crippen LogP) is 3.64. The molecular formula is C18H28N2O. The molecule has 0 aromatic heterocycles. The highest BCUT2D eigenvalue weighted by Gasteiger charge is 2.48. The van der Waals surface area contributed by atoms with Gasteiger partial charge in [-0.15, -0.1) is 0 Å². The van der Waals surface area contributed by atoms with E-state index in [1.165, 1.54) is 11.1 Å². The number of benzene rings is 1. The molecule has 0 radical (unpaired) electrons. The third-order valence-electron chi connectivity index (χ3n) is 4.33. The Morgan fingerprint density at radius 2 is 1.90 bits per heavy atom. The maximum atomic E-state index is 12.9. The van der Waals surface area contributed by atoms with E-state index < -0.39 is 5.54 Å². The Hall–Kier alpha value is -1.35. The molecule has 1 heterocycles. The first-order valence-corrected chi connectivity index (χ1v) is 7.82. The molecule has 21 heavy (non-hydrogen) atoms. The molecule has 1 aliphatic rings. The van der Waals surface area contributed by atoms with E-state index in [4.69, 9.17) is 0 Å². The molecule has 0 spiro atoms. The lowest BCUT2D eigenvalue weighted by Crippen LogP contribution is -2.43. The van der Waals surface area contributed by atoms with Crippen LogP contribution in [-0.4, -0.2) is 22.9 Å². The Bertz CT molecular complexity index is 532. The second-order valence-corrected chi connectivity index (χ2v) is 7.58. The zero-order chi connectivity index (χ0) is 15.8. The smallest absolute Gasteiger partial charge is 0.244 e. The predicted molar refractivity (Wildman–Crippen MR) is 86.9 cm³/mol. The van der Waals surface area contributed by atoms with Crippen molar-refractivity contribution in [2.24, 2.45) is 5.41 Å². The van der Waals surface area contributed by atoms with Gasteiger partial charge in [-0.1, -0.05) is 52.0 Å². The molecule has 2 rings (SSSR count). The Morgan fingerprint density at radius 3 is 2.43 bits per heavy atom. The minimum absolute atomic E-state index is 0.0251. The molecule has 2 unspecified atom stereocenters. The van der Waals surface area contributed by atoms with Gasteiger partial charge in [0.2, 0.25) is 5.91 Å². The standard InChI is InChI=1S/C18H28N2O/c1-7-18(6)16(21)20(12-17(3,4)5)15(19-18)14-11-9-8-10-13(14)2/h8-11,15,19H,7,12H2,1-6H3. The molecule has 3 nitrogen and oxygen atoms in total. The van der Waals surface area contributed by atoms with E-state index in [-0.39, 0.29) is 17.5 Å². The normalized spacial score (nSPS) is 26.5. The Labute approximate surface area is 128 Å². The molecule has 0 bridgehead atoms. The number of hydrogen-bond acceptors (Lipinski definition) is 2. The van der Waals surface area contributed by atoms with E-state index in [1.54, 1.807) is 0 Å². The van der Waals surface area contributed by atoms with Gasteiger partial charge in [0.15, 0.2) is 0 Å². The summed E-state index contributed by atoms with van der Waals surface area (Å²) in [5.74, 6) is 0.216. The van der Waals surface area contributed by atoms with Crippen molar-refractivity contribution in [2.75, 3.05) is 6.54 Å².